The molecule has 0 radical (unpaired) electrons. The van der Waals surface area contributed by atoms with Crippen LogP contribution in [0.2, 0.25) is 0 Å². The van der Waals surface area contributed by atoms with Crippen LogP contribution in [-0.2, 0) is 18.9 Å². The Kier molecular flexibility index (Phi) is 7.50. The van der Waals surface area contributed by atoms with Crippen molar-refractivity contribution in [2.75, 3.05) is 28.4 Å². The molecule has 5 heteroatoms. The summed E-state index contributed by atoms with van der Waals surface area (Å²) in [6.45, 7) is 0. The summed E-state index contributed by atoms with van der Waals surface area (Å²) >= 11 is 0. The van der Waals surface area contributed by atoms with Crippen molar-refractivity contribution in [1.29, 1.82) is 0 Å². The first kappa shape index (κ1) is 18.9. The smallest absolute Gasteiger partial charge is 0.109 e. The first-order valence-corrected chi connectivity index (χ1v) is 8.60. The number of hydrogen-bond donors (Lipinski definition) is 1. The molecule has 5 atom stereocenters. The van der Waals surface area contributed by atoms with Gasteiger partial charge in [0.05, 0.1) is 24.4 Å². The quantitative estimate of drug-likeness (QED) is 0.757. The van der Waals surface area contributed by atoms with E-state index in [4.69, 9.17) is 18.9 Å². The lowest BCUT2D eigenvalue weighted by Gasteiger charge is -2.39. The molecule has 0 aromatic carbocycles. The Labute approximate surface area is 139 Å². The van der Waals surface area contributed by atoms with Crippen LogP contribution >= 0.6 is 0 Å². The van der Waals surface area contributed by atoms with E-state index in [2.05, 4.69) is 12.2 Å². The Morgan fingerprint density at radius 3 is 1.74 bits per heavy atom. The second kappa shape index (κ2) is 9.14. The van der Waals surface area contributed by atoms with Crippen molar-refractivity contribution in [2.45, 2.75) is 62.6 Å². The molecule has 134 valence electrons. The van der Waals surface area contributed by atoms with Gasteiger partial charge in [0, 0.05) is 28.4 Å². The van der Waals surface area contributed by atoms with Crippen LogP contribution in [-0.4, -0.2) is 64.1 Å². The molecular formula is C18H32O5. The number of ether oxygens (including phenoxy) is 4. The van der Waals surface area contributed by atoms with Crippen molar-refractivity contribution >= 4 is 0 Å². The van der Waals surface area contributed by atoms with Gasteiger partial charge in [0.15, 0.2) is 0 Å². The monoisotopic (exact) mass is 328 g/mol. The number of methoxy groups -OCH3 is 4. The minimum atomic E-state index is -0.355. The van der Waals surface area contributed by atoms with E-state index in [0.29, 0.717) is 11.8 Å². The zero-order valence-electron chi connectivity index (χ0n) is 14.8. The van der Waals surface area contributed by atoms with Gasteiger partial charge in [0.1, 0.15) is 6.10 Å². The van der Waals surface area contributed by atoms with E-state index < -0.39 is 0 Å². The molecule has 5 unspecified atom stereocenters. The van der Waals surface area contributed by atoms with Crippen LogP contribution < -0.4 is 0 Å². The maximum atomic E-state index is 10.1. The molecule has 2 saturated carbocycles. The average Bonchev–Trinajstić information content (AvgIpc) is 2.58. The van der Waals surface area contributed by atoms with Gasteiger partial charge in [-0.15, -0.1) is 0 Å². The predicted octanol–water partition coefficient (Wildman–Crippen LogP) is 2.17. The minimum Gasteiger partial charge on any atom is -0.390 e. The fraction of sp³-hybridized carbons (Fsp3) is 0.889. The first-order chi connectivity index (χ1) is 11.1. The van der Waals surface area contributed by atoms with Crippen LogP contribution in [0.5, 0.6) is 0 Å². The third-order valence-corrected chi connectivity index (χ3v) is 5.43. The molecule has 0 amide bonds. The standard InChI is InChI=1S/C18H32O5/c1-20-15-8-7-12(9-14(15)19)5-6-13-10-16(21-2)18(23-4)17(11-13)22-3/h5-6,12-19H,7-11H2,1-4H3/b6-5-. The van der Waals surface area contributed by atoms with Crippen LogP contribution in [0.3, 0.4) is 0 Å². The Balaban J connectivity index is 1.92. The highest BCUT2D eigenvalue weighted by Crippen LogP contribution is 2.33. The SMILES string of the molecule is COC1CCC(/C=C\C2CC(OC)C(OC)C(OC)C2)CC1O. The zero-order chi connectivity index (χ0) is 16.8. The maximum absolute atomic E-state index is 10.1. The molecule has 0 aromatic heterocycles. The molecule has 0 aromatic rings. The molecule has 23 heavy (non-hydrogen) atoms. The van der Waals surface area contributed by atoms with Crippen LogP contribution in [0, 0.1) is 11.8 Å². The van der Waals surface area contributed by atoms with Crippen molar-refractivity contribution in [3.63, 3.8) is 0 Å². The lowest BCUT2D eigenvalue weighted by atomic mass is 9.80. The Morgan fingerprint density at radius 1 is 0.696 bits per heavy atom. The molecule has 0 aliphatic heterocycles. The van der Waals surface area contributed by atoms with Gasteiger partial charge in [-0.05, 0) is 43.9 Å². The minimum absolute atomic E-state index is 0.00591. The van der Waals surface area contributed by atoms with Gasteiger partial charge >= 0.3 is 0 Å². The molecule has 2 aliphatic rings. The number of hydrogen-bond acceptors (Lipinski definition) is 5. The lowest BCUT2D eigenvalue weighted by Crippen LogP contribution is -2.47. The van der Waals surface area contributed by atoms with Gasteiger partial charge in [-0.2, -0.15) is 0 Å². The molecule has 2 fully saturated rings. The summed E-state index contributed by atoms with van der Waals surface area (Å²) in [5, 5.41) is 10.1. The number of aliphatic hydroxyl groups excluding tert-OH is 1. The summed E-state index contributed by atoms with van der Waals surface area (Å²) in [7, 11) is 6.86. The van der Waals surface area contributed by atoms with E-state index in [0.717, 1.165) is 32.1 Å². The van der Waals surface area contributed by atoms with Crippen molar-refractivity contribution in [3.05, 3.63) is 12.2 Å². The summed E-state index contributed by atoms with van der Waals surface area (Å²) in [5.74, 6) is 0.854. The van der Waals surface area contributed by atoms with Crippen LogP contribution in [0.25, 0.3) is 0 Å². The highest BCUT2D eigenvalue weighted by molar-refractivity contribution is 5.01. The molecule has 5 nitrogen and oxygen atoms in total. The second-order valence-corrected chi connectivity index (χ2v) is 6.78. The second-order valence-electron chi connectivity index (χ2n) is 6.78. The van der Waals surface area contributed by atoms with Gasteiger partial charge in [0.25, 0.3) is 0 Å². The van der Waals surface area contributed by atoms with Crippen molar-refractivity contribution < 1.29 is 24.1 Å². The third kappa shape index (κ3) is 4.77. The van der Waals surface area contributed by atoms with Crippen LogP contribution in [0.1, 0.15) is 32.1 Å². The van der Waals surface area contributed by atoms with E-state index in [1.807, 2.05) is 0 Å². The number of aliphatic hydroxyl groups is 1. The highest BCUT2D eigenvalue weighted by Gasteiger charge is 2.38. The average molecular weight is 328 g/mol. The third-order valence-electron chi connectivity index (χ3n) is 5.43. The normalized spacial score (nSPS) is 42.2. The van der Waals surface area contributed by atoms with E-state index in [1.54, 1.807) is 28.4 Å². The molecule has 0 heterocycles. The molecule has 0 bridgehead atoms. The summed E-state index contributed by atoms with van der Waals surface area (Å²) in [6.07, 6.45) is 8.97. The Hall–Kier alpha value is -0.460. The van der Waals surface area contributed by atoms with Gasteiger partial charge in [-0.25, -0.2) is 0 Å². The van der Waals surface area contributed by atoms with E-state index in [1.165, 1.54) is 0 Å². The Morgan fingerprint density at radius 2 is 1.26 bits per heavy atom. The fourth-order valence-electron chi connectivity index (χ4n) is 4.04. The molecule has 0 spiro atoms. The van der Waals surface area contributed by atoms with E-state index in [-0.39, 0.29) is 30.5 Å². The molecule has 1 N–H and O–H groups in total. The Bertz CT molecular complexity index is 358. The van der Waals surface area contributed by atoms with Gasteiger partial charge in [-0.3, -0.25) is 0 Å². The van der Waals surface area contributed by atoms with Crippen molar-refractivity contribution in [1.82, 2.24) is 0 Å². The van der Waals surface area contributed by atoms with E-state index in [9.17, 15) is 5.11 Å². The maximum Gasteiger partial charge on any atom is 0.109 e. The van der Waals surface area contributed by atoms with Crippen molar-refractivity contribution in [2.24, 2.45) is 11.8 Å². The highest BCUT2D eigenvalue weighted by atomic mass is 16.6. The zero-order valence-corrected chi connectivity index (χ0v) is 14.8. The summed E-state index contributed by atoms with van der Waals surface area (Å²) in [5.41, 5.74) is 0. The van der Waals surface area contributed by atoms with E-state index >= 15 is 0 Å². The fourth-order valence-corrected chi connectivity index (χ4v) is 4.04. The number of allylic oxidation sites excluding steroid dienone is 2. The van der Waals surface area contributed by atoms with Gasteiger partial charge in [0.2, 0.25) is 0 Å². The van der Waals surface area contributed by atoms with Gasteiger partial charge in [-0.1, -0.05) is 12.2 Å². The largest absolute Gasteiger partial charge is 0.390 e. The topological polar surface area (TPSA) is 57.2 Å². The number of rotatable bonds is 6. The van der Waals surface area contributed by atoms with Gasteiger partial charge < -0.3 is 24.1 Å². The molecule has 0 saturated heterocycles. The summed E-state index contributed by atoms with van der Waals surface area (Å²) in [4.78, 5) is 0. The summed E-state index contributed by atoms with van der Waals surface area (Å²) in [6, 6.07) is 0. The van der Waals surface area contributed by atoms with Crippen molar-refractivity contribution in [3.8, 4) is 0 Å². The van der Waals surface area contributed by atoms with Crippen LogP contribution in [0.4, 0.5) is 0 Å². The summed E-state index contributed by atoms with van der Waals surface area (Å²) < 4.78 is 22.1. The van der Waals surface area contributed by atoms with Crippen LogP contribution in [0.15, 0.2) is 12.2 Å². The molecular weight excluding hydrogens is 296 g/mol. The first-order valence-electron chi connectivity index (χ1n) is 8.60. The predicted molar refractivity (Wildman–Crippen MR) is 88.4 cm³/mol. The molecule has 2 rings (SSSR count). The lowest BCUT2D eigenvalue weighted by molar-refractivity contribution is -0.136. The molecule has 2 aliphatic carbocycles.